The average Bonchev–Trinajstić information content (AvgIpc) is 2.19. The number of hydrogen-bond acceptors (Lipinski definition) is 2. The van der Waals surface area contributed by atoms with Crippen molar-refractivity contribution < 1.29 is 12.8 Å². The van der Waals surface area contributed by atoms with E-state index in [9.17, 15) is 12.8 Å². The minimum atomic E-state index is -3.32. The summed E-state index contributed by atoms with van der Waals surface area (Å²) in [4.78, 5) is 0. The van der Waals surface area contributed by atoms with Crippen molar-refractivity contribution in [3.05, 3.63) is 29.6 Å². The van der Waals surface area contributed by atoms with Crippen molar-refractivity contribution in [3.8, 4) is 0 Å². The fourth-order valence-corrected chi connectivity index (χ4v) is 3.52. The van der Waals surface area contributed by atoms with Crippen LogP contribution in [-0.4, -0.2) is 20.7 Å². The van der Waals surface area contributed by atoms with E-state index in [1.54, 1.807) is 13.0 Å². The molecule has 0 bridgehead atoms. The number of benzene rings is 1. The van der Waals surface area contributed by atoms with Gasteiger partial charge in [0.15, 0.2) is 0 Å². The summed E-state index contributed by atoms with van der Waals surface area (Å²) in [6.07, 6.45) is 1.44. The molecule has 1 aliphatic rings. The maximum absolute atomic E-state index is 13.7. The molecule has 16 heavy (non-hydrogen) atoms. The first-order chi connectivity index (χ1) is 7.50. The first kappa shape index (κ1) is 11.4. The summed E-state index contributed by atoms with van der Waals surface area (Å²) >= 11 is 0. The first-order valence-corrected chi connectivity index (χ1v) is 6.88. The van der Waals surface area contributed by atoms with E-state index in [2.05, 4.69) is 0 Å². The highest BCUT2D eigenvalue weighted by atomic mass is 32.2. The Balaban J connectivity index is 2.43. The highest BCUT2D eigenvalue weighted by Gasteiger charge is 2.27. The molecule has 1 fully saturated rings. The van der Waals surface area contributed by atoms with Crippen molar-refractivity contribution in [2.75, 3.05) is 16.6 Å². The lowest BCUT2D eigenvalue weighted by atomic mass is 10.2. The van der Waals surface area contributed by atoms with Gasteiger partial charge in [-0.1, -0.05) is 6.07 Å². The van der Waals surface area contributed by atoms with Crippen molar-refractivity contribution in [3.63, 3.8) is 0 Å². The van der Waals surface area contributed by atoms with E-state index in [4.69, 9.17) is 0 Å². The maximum atomic E-state index is 13.7. The Morgan fingerprint density at radius 2 is 2.06 bits per heavy atom. The number of nitrogens with zero attached hydrogens (tertiary/aromatic N) is 1. The lowest BCUT2D eigenvalue weighted by Gasteiger charge is -2.28. The lowest BCUT2D eigenvalue weighted by molar-refractivity contribution is 0.568. The van der Waals surface area contributed by atoms with E-state index in [-0.39, 0.29) is 11.4 Å². The summed E-state index contributed by atoms with van der Waals surface area (Å²) in [6.45, 7) is 2.15. The molecule has 0 amide bonds. The molecule has 88 valence electrons. The molecule has 0 atom stereocenters. The van der Waals surface area contributed by atoms with Crippen LogP contribution in [0.1, 0.15) is 18.4 Å². The number of hydrogen-bond donors (Lipinski definition) is 0. The van der Waals surface area contributed by atoms with Gasteiger partial charge in [-0.25, -0.2) is 12.8 Å². The van der Waals surface area contributed by atoms with Gasteiger partial charge in [0.2, 0.25) is 10.0 Å². The smallest absolute Gasteiger partial charge is 0.235 e. The Bertz CT molecular complexity index is 499. The molecule has 1 aromatic carbocycles. The predicted octanol–water partition coefficient (Wildman–Crippen LogP) is 2.06. The Morgan fingerprint density at radius 3 is 2.69 bits per heavy atom. The molecule has 0 spiro atoms. The fraction of sp³-hybridized carbons (Fsp3) is 0.455. The SMILES string of the molecule is Cc1ccc(N2CCCCS2(=O)=O)c(F)c1. The number of rotatable bonds is 1. The second-order valence-corrected chi connectivity index (χ2v) is 6.06. The van der Waals surface area contributed by atoms with Gasteiger partial charge in [0.25, 0.3) is 0 Å². The molecule has 0 aliphatic carbocycles. The summed E-state index contributed by atoms with van der Waals surface area (Å²) in [5.74, 6) is -0.356. The van der Waals surface area contributed by atoms with E-state index >= 15 is 0 Å². The molecular formula is C11H14FNO2S. The standard InChI is InChI=1S/C11H14FNO2S/c1-9-4-5-11(10(12)8-9)13-6-2-3-7-16(13,14)15/h4-5,8H,2-3,6-7H2,1H3. The predicted molar refractivity (Wildman–Crippen MR) is 61.5 cm³/mol. The number of aryl methyl sites for hydroxylation is 1. The van der Waals surface area contributed by atoms with Crippen LogP contribution in [0, 0.1) is 12.7 Å². The van der Waals surface area contributed by atoms with Crippen molar-refractivity contribution in [2.24, 2.45) is 0 Å². The van der Waals surface area contributed by atoms with Gasteiger partial charge in [-0.3, -0.25) is 4.31 Å². The van der Waals surface area contributed by atoms with Crippen LogP contribution in [0.4, 0.5) is 10.1 Å². The summed E-state index contributed by atoms with van der Waals surface area (Å²) in [6, 6.07) is 4.62. The number of halogens is 1. The second kappa shape index (κ2) is 4.05. The van der Waals surface area contributed by atoms with Crippen molar-refractivity contribution in [2.45, 2.75) is 19.8 Å². The minimum absolute atomic E-state index is 0.111. The third kappa shape index (κ3) is 2.04. The molecule has 5 heteroatoms. The normalized spacial score (nSPS) is 19.8. The van der Waals surface area contributed by atoms with Crippen LogP contribution in [0.5, 0.6) is 0 Å². The van der Waals surface area contributed by atoms with E-state index < -0.39 is 15.8 Å². The molecule has 0 radical (unpaired) electrons. The monoisotopic (exact) mass is 243 g/mol. The van der Waals surface area contributed by atoms with Gasteiger partial charge in [-0.2, -0.15) is 0 Å². The Morgan fingerprint density at radius 1 is 1.31 bits per heavy atom. The summed E-state index contributed by atoms with van der Waals surface area (Å²) in [7, 11) is -3.32. The molecule has 3 nitrogen and oxygen atoms in total. The summed E-state index contributed by atoms with van der Waals surface area (Å²) in [5.41, 5.74) is 0.959. The Kier molecular flexibility index (Phi) is 2.88. The van der Waals surface area contributed by atoms with Crippen LogP contribution in [0.25, 0.3) is 0 Å². The molecule has 0 unspecified atom stereocenters. The fourth-order valence-electron chi connectivity index (χ4n) is 1.87. The third-order valence-electron chi connectivity index (χ3n) is 2.72. The minimum Gasteiger partial charge on any atom is -0.267 e. The zero-order chi connectivity index (χ0) is 11.8. The van der Waals surface area contributed by atoms with Crippen molar-refractivity contribution in [1.82, 2.24) is 0 Å². The molecule has 0 saturated carbocycles. The van der Waals surface area contributed by atoms with Crippen LogP contribution in [-0.2, 0) is 10.0 Å². The van der Waals surface area contributed by atoms with E-state index in [1.165, 1.54) is 16.4 Å². The lowest BCUT2D eigenvalue weighted by Crippen LogP contribution is -2.38. The largest absolute Gasteiger partial charge is 0.267 e. The third-order valence-corrected chi connectivity index (χ3v) is 4.58. The number of anilines is 1. The van der Waals surface area contributed by atoms with Gasteiger partial charge in [-0.05, 0) is 37.5 Å². The van der Waals surface area contributed by atoms with Crippen LogP contribution in [0.3, 0.4) is 0 Å². The molecule has 1 saturated heterocycles. The maximum Gasteiger partial charge on any atom is 0.235 e. The number of sulfonamides is 1. The van der Waals surface area contributed by atoms with Gasteiger partial charge < -0.3 is 0 Å². The van der Waals surface area contributed by atoms with Crippen molar-refractivity contribution >= 4 is 15.7 Å². The van der Waals surface area contributed by atoms with Gasteiger partial charge >= 0.3 is 0 Å². The van der Waals surface area contributed by atoms with E-state index in [1.807, 2.05) is 0 Å². The molecule has 2 rings (SSSR count). The van der Waals surface area contributed by atoms with E-state index in [0.717, 1.165) is 12.0 Å². The Hall–Kier alpha value is -1.10. The van der Waals surface area contributed by atoms with Gasteiger partial charge in [-0.15, -0.1) is 0 Å². The zero-order valence-corrected chi connectivity index (χ0v) is 9.93. The molecule has 1 aliphatic heterocycles. The molecule has 0 N–H and O–H groups in total. The molecule has 1 aromatic rings. The van der Waals surface area contributed by atoms with Gasteiger partial charge in [0.1, 0.15) is 5.82 Å². The van der Waals surface area contributed by atoms with E-state index in [0.29, 0.717) is 13.0 Å². The quantitative estimate of drug-likeness (QED) is 0.757. The van der Waals surface area contributed by atoms with Crippen LogP contribution in [0.15, 0.2) is 18.2 Å². The van der Waals surface area contributed by atoms with Crippen molar-refractivity contribution in [1.29, 1.82) is 0 Å². The second-order valence-electron chi connectivity index (χ2n) is 4.05. The summed E-state index contributed by atoms with van der Waals surface area (Å²) in [5, 5.41) is 0. The Labute approximate surface area is 94.9 Å². The molecular weight excluding hydrogens is 229 g/mol. The summed E-state index contributed by atoms with van der Waals surface area (Å²) < 4.78 is 38.4. The van der Waals surface area contributed by atoms with Crippen LogP contribution < -0.4 is 4.31 Å². The van der Waals surface area contributed by atoms with Crippen LogP contribution in [0.2, 0.25) is 0 Å². The molecule has 1 heterocycles. The highest BCUT2D eigenvalue weighted by molar-refractivity contribution is 7.92. The van der Waals surface area contributed by atoms with Gasteiger partial charge in [0, 0.05) is 6.54 Å². The molecule has 0 aromatic heterocycles. The average molecular weight is 243 g/mol. The highest BCUT2D eigenvalue weighted by Crippen LogP contribution is 2.26. The first-order valence-electron chi connectivity index (χ1n) is 5.27. The van der Waals surface area contributed by atoms with Gasteiger partial charge in [0.05, 0.1) is 11.4 Å². The topological polar surface area (TPSA) is 37.4 Å². The van der Waals surface area contributed by atoms with Crippen LogP contribution >= 0.6 is 0 Å². The zero-order valence-electron chi connectivity index (χ0n) is 9.11.